The van der Waals surface area contributed by atoms with E-state index in [1.165, 1.54) is 0 Å². The number of hydrogen-bond acceptors (Lipinski definition) is 3. The quantitative estimate of drug-likeness (QED) is 0.722. The first kappa shape index (κ1) is 17.3. The Kier molecular flexibility index (Phi) is 4.61. The number of carbonyl (C=O) groups excluding carboxylic acids is 1. The van der Waals surface area contributed by atoms with Gasteiger partial charge in [0, 0.05) is 30.6 Å². The summed E-state index contributed by atoms with van der Waals surface area (Å²) >= 11 is 12.4. The van der Waals surface area contributed by atoms with Crippen molar-refractivity contribution in [2.75, 3.05) is 6.54 Å². The SMILES string of the molecule is NC(Cc1[nH]nc2ccccc12)C(=O)N1CCc2ccc(Cl)c(Cl)c2C1. The molecule has 0 bridgehead atoms. The second kappa shape index (κ2) is 6.91. The van der Waals surface area contributed by atoms with E-state index in [-0.39, 0.29) is 5.91 Å². The van der Waals surface area contributed by atoms with Crippen molar-refractivity contribution in [2.24, 2.45) is 5.73 Å². The number of nitrogens with two attached hydrogens (primary N) is 1. The van der Waals surface area contributed by atoms with Gasteiger partial charge >= 0.3 is 0 Å². The zero-order valence-corrected chi connectivity index (χ0v) is 15.5. The molecule has 1 aliphatic rings. The topological polar surface area (TPSA) is 75.0 Å². The van der Waals surface area contributed by atoms with Crippen LogP contribution in [0.2, 0.25) is 10.0 Å². The zero-order chi connectivity index (χ0) is 18.3. The Hall–Kier alpha value is -2.08. The molecular weight excluding hydrogens is 371 g/mol. The van der Waals surface area contributed by atoms with Crippen molar-refractivity contribution >= 4 is 40.0 Å². The molecule has 0 radical (unpaired) electrons. The maximum Gasteiger partial charge on any atom is 0.240 e. The van der Waals surface area contributed by atoms with Crippen molar-refractivity contribution in [1.82, 2.24) is 15.1 Å². The molecule has 1 aliphatic heterocycles. The summed E-state index contributed by atoms with van der Waals surface area (Å²) in [5.41, 5.74) is 10.0. The van der Waals surface area contributed by atoms with Crippen LogP contribution in [0.3, 0.4) is 0 Å². The van der Waals surface area contributed by atoms with Crippen LogP contribution in [0.5, 0.6) is 0 Å². The highest BCUT2D eigenvalue weighted by Crippen LogP contribution is 2.32. The fourth-order valence-corrected chi connectivity index (χ4v) is 3.88. The third-order valence-corrected chi connectivity index (χ3v) is 5.73. The lowest BCUT2D eigenvalue weighted by atomic mass is 9.98. The molecule has 0 saturated heterocycles. The van der Waals surface area contributed by atoms with E-state index in [0.29, 0.717) is 29.6 Å². The van der Waals surface area contributed by atoms with Crippen molar-refractivity contribution < 1.29 is 4.79 Å². The van der Waals surface area contributed by atoms with E-state index >= 15 is 0 Å². The van der Waals surface area contributed by atoms with Crippen molar-refractivity contribution in [3.63, 3.8) is 0 Å². The first-order chi connectivity index (χ1) is 12.5. The van der Waals surface area contributed by atoms with Gasteiger partial charge in [0.1, 0.15) is 0 Å². The average Bonchev–Trinajstić information content (AvgIpc) is 3.07. The van der Waals surface area contributed by atoms with Crippen molar-refractivity contribution in [3.8, 4) is 0 Å². The summed E-state index contributed by atoms with van der Waals surface area (Å²) in [6, 6.07) is 10.9. The molecule has 0 saturated carbocycles. The molecular formula is C19H18Cl2N4O. The first-order valence-electron chi connectivity index (χ1n) is 8.46. The minimum atomic E-state index is -0.640. The highest BCUT2D eigenvalue weighted by molar-refractivity contribution is 6.42. The van der Waals surface area contributed by atoms with Gasteiger partial charge in [-0.25, -0.2) is 0 Å². The molecule has 4 rings (SSSR count). The smallest absolute Gasteiger partial charge is 0.240 e. The van der Waals surface area contributed by atoms with Crippen LogP contribution >= 0.6 is 23.2 Å². The standard InChI is InChI=1S/C19H18Cl2N4O/c20-14-6-5-11-7-8-25(10-13(11)18(14)21)19(26)15(22)9-17-12-3-1-2-4-16(12)23-24-17/h1-6,15H,7-10,22H2,(H,23,24). The molecule has 7 heteroatoms. The molecule has 1 atom stereocenters. The Morgan fingerprint density at radius 3 is 2.92 bits per heavy atom. The van der Waals surface area contributed by atoms with E-state index in [9.17, 15) is 4.79 Å². The van der Waals surface area contributed by atoms with E-state index in [1.54, 1.807) is 11.0 Å². The monoisotopic (exact) mass is 388 g/mol. The molecule has 134 valence electrons. The van der Waals surface area contributed by atoms with Gasteiger partial charge in [-0.15, -0.1) is 0 Å². The fraction of sp³-hybridized carbons (Fsp3) is 0.263. The van der Waals surface area contributed by atoms with Gasteiger partial charge in [0.05, 0.1) is 21.6 Å². The summed E-state index contributed by atoms with van der Waals surface area (Å²) in [4.78, 5) is 14.6. The van der Waals surface area contributed by atoms with Gasteiger partial charge in [0.15, 0.2) is 0 Å². The summed E-state index contributed by atoms with van der Waals surface area (Å²) in [5.74, 6) is -0.0922. The normalized spacial score (nSPS) is 15.1. The molecule has 5 nitrogen and oxygen atoms in total. The van der Waals surface area contributed by atoms with Crippen LogP contribution in [-0.2, 0) is 24.2 Å². The molecule has 0 spiro atoms. The predicted octanol–water partition coefficient (Wildman–Crippen LogP) is 3.32. The third kappa shape index (κ3) is 3.07. The second-order valence-electron chi connectivity index (χ2n) is 6.54. The molecule has 3 N–H and O–H groups in total. The maximum absolute atomic E-state index is 12.9. The average molecular weight is 389 g/mol. The van der Waals surface area contributed by atoms with E-state index in [1.807, 2.05) is 30.3 Å². The highest BCUT2D eigenvalue weighted by atomic mass is 35.5. The van der Waals surface area contributed by atoms with Gasteiger partial charge < -0.3 is 10.6 Å². The molecule has 1 aromatic heterocycles. The van der Waals surface area contributed by atoms with Crippen LogP contribution in [0.4, 0.5) is 0 Å². The van der Waals surface area contributed by atoms with Crippen molar-refractivity contribution in [1.29, 1.82) is 0 Å². The molecule has 0 aliphatic carbocycles. The van der Waals surface area contributed by atoms with E-state index < -0.39 is 6.04 Å². The number of carbonyl (C=O) groups is 1. The van der Waals surface area contributed by atoms with Crippen LogP contribution in [0, 0.1) is 0 Å². The van der Waals surface area contributed by atoms with Gasteiger partial charge in [0.25, 0.3) is 0 Å². The Morgan fingerprint density at radius 2 is 2.08 bits per heavy atom. The Balaban J connectivity index is 1.51. The van der Waals surface area contributed by atoms with Crippen molar-refractivity contribution in [2.45, 2.75) is 25.4 Å². The summed E-state index contributed by atoms with van der Waals surface area (Å²) < 4.78 is 0. The summed E-state index contributed by atoms with van der Waals surface area (Å²) in [6.45, 7) is 1.06. The number of aromatic nitrogens is 2. The van der Waals surface area contributed by atoms with E-state index in [4.69, 9.17) is 28.9 Å². The molecule has 1 amide bonds. The Labute approximate surface area is 161 Å². The molecule has 1 unspecified atom stereocenters. The summed E-state index contributed by atoms with van der Waals surface area (Å²) in [6.07, 6.45) is 1.16. The van der Waals surface area contributed by atoms with Crippen LogP contribution < -0.4 is 5.73 Å². The molecule has 2 aromatic carbocycles. The second-order valence-corrected chi connectivity index (χ2v) is 7.32. The number of rotatable bonds is 3. The number of amides is 1. The van der Waals surface area contributed by atoms with Gasteiger partial charge in [0.2, 0.25) is 5.91 Å². The lowest BCUT2D eigenvalue weighted by Gasteiger charge is -2.31. The summed E-state index contributed by atoms with van der Waals surface area (Å²) in [7, 11) is 0. The van der Waals surface area contributed by atoms with Crippen molar-refractivity contribution in [3.05, 3.63) is 63.3 Å². The van der Waals surface area contributed by atoms with Crippen LogP contribution in [0.25, 0.3) is 10.9 Å². The summed E-state index contributed by atoms with van der Waals surface area (Å²) in [5, 5.41) is 9.28. The number of para-hydroxylation sites is 1. The molecule has 26 heavy (non-hydrogen) atoms. The first-order valence-corrected chi connectivity index (χ1v) is 9.22. The van der Waals surface area contributed by atoms with Gasteiger partial charge in [-0.05, 0) is 29.7 Å². The number of nitrogens with zero attached hydrogens (tertiary/aromatic N) is 2. The minimum Gasteiger partial charge on any atom is -0.337 e. The molecule has 2 heterocycles. The van der Waals surface area contributed by atoms with Gasteiger partial charge in [-0.2, -0.15) is 5.10 Å². The third-order valence-electron chi connectivity index (χ3n) is 4.89. The number of hydrogen-bond donors (Lipinski definition) is 2. The van der Waals surface area contributed by atoms with E-state index in [0.717, 1.165) is 34.1 Å². The number of benzene rings is 2. The Bertz CT molecular complexity index is 985. The van der Waals surface area contributed by atoms with Crippen LogP contribution in [-0.4, -0.2) is 33.6 Å². The molecule has 0 fully saturated rings. The maximum atomic E-state index is 12.9. The largest absolute Gasteiger partial charge is 0.337 e. The number of fused-ring (bicyclic) bond motifs is 2. The number of aromatic amines is 1. The highest BCUT2D eigenvalue weighted by Gasteiger charge is 2.27. The Morgan fingerprint density at radius 1 is 1.27 bits per heavy atom. The minimum absolute atomic E-state index is 0.0922. The lowest BCUT2D eigenvalue weighted by molar-refractivity contribution is -0.133. The number of H-pyrrole nitrogens is 1. The van der Waals surface area contributed by atoms with Gasteiger partial charge in [-0.1, -0.05) is 47.5 Å². The van der Waals surface area contributed by atoms with E-state index in [2.05, 4.69) is 10.2 Å². The molecule has 3 aromatic rings. The number of nitrogens with one attached hydrogen (secondary N) is 1. The van der Waals surface area contributed by atoms with Crippen LogP contribution in [0.15, 0.2) is 36.4 Å². The van der Waals surface area contributed by atoms with Crippen LogP contribution in [0.1, 0.15) is 16.8 Å². The predicted molar refractivity (Wildman–Crippen MR) is 103 cm³/mol. The lowest BCUT2D eigenvalue weighted by Crippen LogP contribution is -2.46. The number of halogens is 2. The fourth-order valence-electron chi connectivity index (χ4n) is 3.46. The van der Waals surface area contributed by atoms with Gasteiger partial charge in [-0.3, -0.25) is 9.89 Å². The zero-order valence-electron chi connectivity index (χ0n) is 14.0.